The van der Waals surface area contributed by atoms with Crippen molar-refractivity contribution in [2.24, 2.45) is 0 Å². The van der Waals surface area contributed by atoms with E-state index in [1.54, 1.807) is 11.0 Å². The second-order valence-electron chi connectivity index (χ2n) is 6.75. The van der Waals surface area contributed by atoms with Gasteiger partial charge < -0.3 is 9.88 Å². The Labute approximate surface area is 152 Å². The van der Waals surface area contributed by atoms with Crippen molar-refractivity contribution in [3.63, 3.8) is 0 Å². The van der Waals surface area contributed by atoms with E-state index in [1.165, 1.54) is 0 Å². The third-order valence-corrected chi connectivity index (χ3v) is 4.53. The number of nitrogens with one attached hydrogen (secondary N) is 1. The molecule has 1 N–H and O–H groups in total. The van der Waals surface area contributed by atoms with E-state index in [0.717, 1.165) is 11.1 Å². The molecule has 2 aromatic carbocycles. The van der Waals surface area contributed by atoms with Gasteiger partial charge in [-0.15, -0.1) is 0 Å². The number of aryl methyl sites for hydroxylation is 1. The van der Waals surface area contributed by atoms with Crippen LogP contribution in [0.5, 0.6) is 0 Å². The van der Waals surface area contributed by atoms with E-state index >= 15 is 0 Å². The summed E-state index contributed by atoms with van der Waals surface area (Å²) in [5.74, 6) is 0.519. The molecule has 0 bridgehead atoms. The monoisotopic (exact) mass is 349 g/mol. The van der Waals surface area contributed by atoms with Crippen LogP contribution in [0.15, 0.2) is 53.3 Å². The Kier molecular flexibility index (Phi) is 5.16. The Balaban J connectivity index is 1.86. The Morgan fingerprint density at radius 1 is 1.12 bits per heavy atom. The maximum atomic E-state index is 12.9. The smallest absolute Gasteiger partial charge is 0.258 e. The number of fused-ring (bicyclic) bond motifs is 1. The maximum Gasteiger partial charge on any atom is 0.258 e. The standard InChI is InChI=1S/C21H23N3O2/c1-14(2)24(20(25)12-16-9-5-4-8-15(16)3)13-19-22-18-11-7-6-10-17(18)21(26)23-19/h4-11,14H,12-13H2,1-3H3,(H,22,23,26). The molecule has 5 nitrogen and oxygen atoms in total. The van der Waals surface area contributed by atoms with Crippen LogP contribution in [0.3, 0.4) is 0 Å². The van der Waals surface area contributed by atoms with E-state index < -0.39 is 0 Å². The van der Waals surface area contributed by atoms with Crippen molar-refractivity contribution < 1.29 is 4.79 Å². The van der Waals surface area contributed by atoms with Crippen LogP contribution in [-0.2, 0) is 17.8 Å². The van der Waals surface area contributed by atoms with Gasteiger partial charge in [0.25, 0.3) is 5.56 Å². The Morgan fingerprint density at radius 2 is 1.81 bits per heavy atom. The summed E-state index contributed by atoms with van der Waals surface area (Å²) < 4.78 is 0. The first-order chi connectivity index (χ1) is 12.5. The van der Waals surface area contributed by atoms with Crippen molar-refractivity contribution in [1.82, 2.24) is 14.9 Å². The fraction of sp³-hybridized carbons (Fsp3) is 0.286. The van der Waals surface area contributed by atoms with Crippen LogP contribution < -0.4 is 5.56 Å². The van der Waals surface area contributed by atoms with E-state index in [9.17, 15) is 9.59 Å². The van der Waals surface area contributed by atoms with Crippen LogP contribution in [0, 0.1) is 6.92 Å². The third kappa shape index (κ3) is 3.82. The molecule has 0 saturated carbocycles. The van der Waals surface area contributed by atoms with Crippen molar-refractivity contribution in [2.45, 2.75) is 39.8 Å². The molecule has 0 atom stereocenters. The largest absolute Gasteiger partial charge is 0.333 e. The average Bonchev–Trinajstić information content (AvgIpc) is 2.61. The maximum absolute atomic E-state index is 12.9. The summed E-state index contributed by atoms with van der Waals surface area (Å²) in [6, 6.07) is 15.1. The number of benzene rings is 2. The Bertz CT molecular complexity index is 992. The van der Waals surface area contributed by atoms with Gasteiger partial charge in [-0.2, -0.15) is 0 Å². The van der Waals surface area contributed by atoms with Gasteiger partial charge in [-0.25, -0.2) is 4.98 Å². The van der Waals surface area contributed by atoms with Crippen molar-refractivity contribution in [3.05, 3.63) is 75.8 Å². The number of aromatic amines is 1. The van der Waals surface area contributed by atoms with Crippen LogP contribution in [0.1, 0.15) is 30.8 Å². The van der Waals surface area contributed by atoms with Crippen LogP contribution in [0.4, 0.5) is 0 Å². The number of hydrogen-bond acceptors (Lipinski definition) is 3. The van der Waals surface area contributed by atoms with E-state index in [-0.39, 0.29) is 24.1 Å². The summed E-state index contributed by atoms with van der Waals surface area (Å²) in [6.45, 7) is 6.22. The van der Waals surface area contributed by atoms with Gasteiger partial charge in [0.15, 0.2) is 0 Å². The summed E-state index contributed by atoms with van der Waals surface area (Å²) in [6.07, 6.45) is 0.336. The second kappa shape index (κ2) is 7.52. The molecule has 1 heterocycles. The number of hydrogen-bond donors (Lipinski definition) is 1. The van der Waals surface area contributed by atoms with E-state index in [2.05, 4.69) is 9.97 Å². The zero-order valence-electron chi connectivity index (χ0n) is 15.3. The minimum atomic E-state index is -0.180. The van der Waals surface area contributed by atoms with Gasteiger partial charge in [-0.05, 0) is 44.0 Å². The third-order valence-electron chi connectivity index (χ3n) is 4.53. The summed E-state index contributed by atoms with van der Waals surface area (Å²) in [7, 11) is 0. The number of carbonyl (C=O) groups excluding carboxylic acids is 1. The highest BCUT2D eigenvalue weighted by atomic mass is 16.2. The van der Waals surface area contributed by atoms with Crippen molar-refractivity contribution in [2.75, 3.05) is 0 Å². The highest BCUT2D eigenvalue weighted by Gasteiger charge is 2.19. The summed E-state index contributed by atoms with van der Waals surface area (Å²) in [5.41, 5.74) is 2.58. The molecule has 0 aliphatic heterocycles. The molecule has 0 unspecified atom stereocenters. The number of carbonyl (C=O) groups is 1. The summed E-state index contributed by atoms with van der Waals surface area (Å²) >= 11 is 0. The van der Waals surface area contributed by atoms with Gasteiger partial charge in [0.1, 0.15) is 5.82 Å². The molecule has 1 aromatic heterocycles. The lowest BCUT2D eigenvalue weighted by atomic mass is 10.0. The van der Waals surface area contributed by atoms with Gasteiger partial charge in [-0.1, -0.05) is 36.4 Å². The molecule has 3 aromatic rings. The van der Waals surface area contributed by atoms with E-state index in [0.29, 0.717) is 23.1 Å². The van der Waals surface area contributed by atoms with Gasteiger partial charge >= 0.3 is 0 Å². The highest BCUT2D eigenvalue weighted by molar-refractivity contribution is 5.80. The van der Waals surface area contributed by atoms with Crippen LogP contribution >= 0.6 is 0 Å². The van der Waals surface area contributed by atoms with Crippen LogP contribution in [0.2, 0.25) is 0 Å². The number of nitrogens with zero attached hydrogens (tertiary/aromatic N) is 2. The normalized spacial score (nSPS) is 11.1. The first kappa shape index (κ1) is 17.9. The lowest BCUT2D eigenvalue weighted by Gasteiger charge is -2.26. The molecule has 0 aliphatic rings. The number of rotatable bonds is 5. The van der Waals surface area contributed by atoms with Gasteiger partial charge in [0.2, 0.25) is 5.91 Å². The average molecular weight is 349 g/mol. The number of para-hydroxylation sites is 1. The Morgan fingerprint density at radius 3 is 2.54 bits per heavy atom. The van der Waals surface area contributed by atoms with E-state index in [4.69, 9.17) is 0 Å². The van der Waals surface area contributed by atoms with Crippen LogP contribution in [-0.4, -0.2) is 26.8 Å². The summed E-state index contributed by atoms with van der Waals surface area (Å²) in [5, 5.41) is 0.554. The fourth-order valence-corrected chi connectivity index (χ4v) is 3.00. The van der Waals surface area contributed by atoms with Crippen LogP contribution in [0.25, 0.3) is 10.9 Å². The van der Waals surface area contributed by atoms with Gasteiger partial charge in [-0.3, -0.25) is 9.59 Å². The molecule has 3 rings (SSSR count). The van der Waals surface area contributed by atoms with Gasteiger partial charge in [0.05, 0.1) is 23.9 Å². The summed E-state index contributed by atoms with van der Waals surface area (Å²) in [4.78, 5) is 34.2. The fourth-order valence-electron chi connectivity index (χ4n) is 3.00. The first-order valence-corrected chi connectivity index (χ1v) is 8.77. The minimum absolute atomic E-state index is 0.00305. The Hall–Kier alpha value is -2.95. The molecular formula is C21H23N3O2. The second-order valence-corrected chi connectivity index (χ2v) is 6.75. The number of amides is 1. The number of aromatic nitrogens is 2. The molecule has 0 radical (unpaired) electrons. The number of H-pyrrole nitrogens is 1. The quantitative estimate of drug-likeness (QED) is 0.769. The molecule has 134 valence electrons. The van der Waals surface area contributed by atoms with E-state index in [1.807, 2.05) is 63.2 Å². The van der Waals surface area contributed by atoms with Crippen molar-refractivity contribution >= 4 is 16.8 Å². The van der Waals surface area contributed by atoms with Gasteiger partial charge in [0, 0.05) is 6.04 Å². The predicted molar refractivity (Wildman–Crippen MR) is 103 cm³/mol. The predicted octanol–water partition coefficient (Wildman–Crippen LogP) is 3.21. The van der Waals surface area contributed by atoms with Crippen molar-refractivity contribution in [3.8, 4) is 0 Å². The lowest BCUT2D eigenvalue weighted by molar-refractivity contribution is -0.132. The molecular weight excluding hydrogens is 326 g/mol. The SMILES string of the molecule is Cc1ccccc1CC(=O)N(Cc1nc2ccccc2c(=O)[nH]1)C(C)C. The zero-order chi connectivity index (χ0) is 18.7. The molecule has 0 spiro atoms. The topological polar surface area (TPSA) is 66.1 Å². The zero-order valence-corrected chi connectivity index (χ0v) is 15.3. The molecule has 0 fully saturated rings. The highest BCUT2D eigenvalue weighted by Crippen LogP contribution is 2.13. The molecule has 0 saturated heterocycles. The molecule has 1 amide bonds. The molecule has 0 aliphatic carbocycles. The molecule has 26 heavy (non-hydrogen) atoms. The first-order valence-electron chi connectivity index (χ1n) is 8.77. The van der Waals surface area contributed by atoms with Crippen molar-refractivity contribution in [1.29, 1.82) is 0 Å². The minimum Gasteiger partial charge on any atom is -0.333 e. The lowest BCUT2D eigenvalue weighted by Crippen LogP contribution is -2.38. The molecule has 5 heteroatoms.